The Morgan fingerprint density at radius 2 is 1.59 bits per heavy atom. The summed E-state index contributed by atoms with van der Waals surface area (Å²) >= 11 is 0. The van der Waals surface area contributed by atoms with E-state index in [1.807, 2.05) is 26.0 Å². The molecule has 0 radical (unpaired) electrons. The molecule has 1 unspecified atom stereocenters. The Kier molecular flexibility index (Phi) is 4.73. The second-order valence-electron chi connectivity index (χ2n) is 4.81. The van der Waals surface area contributed by atoms with Crippen molar-refractivity contribution in [3.05, 3.63) is 34.9 Å². The molecule has 0 aliphatic heterocycles. The van der Waals surface area contributed by atoms with Crippen molar-refractivity contribution in [3.63, 3.8) is 0 Å². The van der Waals surface area contributed by atoms with Crippen LogP contribution in [0.25, 0.3) is 0 Å². The molecule has 0 spiro atoms. The highest BCUT2D eigenvalue weighted by Gasteiger charge is 2.27. The molecule has 1 atom stereocenters. The first-order valence-electron chi connectivity index (χ1n) is 6.30. The van der Waals surface area contributed by atoms with Crippen LogP contribution in [-0.2, 0) is 4.79 Å². The molecule has 0 saturated carbocycles. The number of benzene rings is 1. The molecule has 1 aromatic rings. The van der Waals surface area contributed by atoms with E-state index < -0.39 is 5.97 Å². The summed E-state index contributed by atoms with van der Waals surface area (Å²) in [6.07, 6.45) is 1.81. The van der Waals surface area contributed by atoms with E-state index in [0.29, 0.717) is 0 Å². The summed E-state index contributed by atoms with van der Waals surface area (Å²) in [5.74, 6) is -0.860. The van der Waals surface area contributed by atoms with Gasteiger partial charge in [0.05, 0.1) is 5.92 Å². The van der Waals surface area contributed by atoms with E-state index in [-0.39, 0.29) is 11.8 Å². The first kappa shape index (κ1) is 13.8. The minimum absolute atomic E-state index is 0.216. The fourth-order valence-electron chi connectivity index (χ4n) is 2.57. The molecule has 2 heteroatoms. The highest BCUT2D eigenvalue weighted by Crippen LogP contribution is 2.31. The van der Waals surface area contributed by atoms with Crippen LogP contribution in [0.1, 0.15) is 49.3 Å². The molecule has 2 nitrogen and oxygen atoms in total. The molecule has 0 fully saturated rings. The number of hydrogen-bond acceptors (Lipinski definition) is 1. The maximum absolute atomic E-state index is 11.5. The van der Waals surface area contributed by atoms with Crippen molar-refractivity contribution in [2.45, 2.75) is 46.5 Å². The van der Waals surface area contributed by atoms with Gasteiger partial charge in [-0.05, 0) is 25.3 Å². The second kappa shape index (κ2) is 5.85. The molecular weight excluding hydrogens is 212 g/mol. The smallest absolute Gasteiger partial charge is 0.311 e. The van der Waals surface area contributed by atoms with Gasteiger partial charge in [-0.15, -0.1) is 0 Å². The van der Waals surface area contributed by atoms with Gasteiger partial charge in [0.2, 0.25) is 0 Å². The van der Waals surface area contributed by atoms with Crippen LogP contribution < -0.4 is 0 Å². The van der Waals surface area contributed by atoms with Gasteiger partial charge in [-0.25, -0.2) is 0 Å². The van der Waals surface area contributed by atoms with E-state index in [0.717, 1.165) is 29.5 Å². The highest BCUT2D eigenvalue weighted by molar-refractivity contribution is 5.76. The molecule has 1 rings (SSSR count). The first-order valence-corrected chi connectivity index (χ1v) is 6.30. The van der Waals surface area contributed by atoms with Crippen molar-refractivity contribution >= 4 is 5.97 Å². The van der Waals surface area contributed by atoms with Crippen molar-refractivity contribution in [3.8, 4) is 0 Å². The van der Waals surface area contributed by atoms with Crippen LogP contribution >= 0.6 is 0 Å². The maximum Gasteiger partial charge on any atom is 0.311 e. The summed E-state index contributed by atoms with van der Waals surface area (Å²) in [4.78, 5) is 11.5. The summed E-state index contributed by atoms with van der Waals surface area (Å²) in [5, 5.41) is 9.44. The minimum atomic E-state index is -0.705. The summed E-state index contributed by atoms with van der Waals surface area (Å²) in [6, 6.07) is 6.09. The molecule has 0 aromatic heterocycles. The predicted molar refractivity (Wildman–Crippen MR) is 70.4 cm³/mol. The summed E-state index contributed by atoms with van der Waals surface area (Å²) in [6.45, 7) is 8.16. The number of carboxylic acid groups (broad SMARTS) is 1. The highest BCUT2D eigenvalue weighted by atomic mass is 16.4. The molecule has 0 amide bonds. The van der Waals surface area contributed by atoms with Crippen LogP contribution in [0, 0.1) is 19.8 Å². The molecule has 1 aromatic carbocycles. The number of rotatable bonds is 5. The van der Waals surface area contributed by atoms with Gasteiger partial charge in [0, 0.05) is 0 Å². The van der Waals surface area contributed by atoms with Gasteiger partial charge in [-0.2, -0.15) is 0 Å². The summed E-state index contributed by atoms with van der Waals surface area (Å²) in [7, 11) is 0. The van der Waals surface area contributed by atoms with Gasteiger partial charge in [-0.3, -0.25) is 4.79 Å². The van der Waals surface area contributed by atoms with Crippen molar-refractivity contribution in [1.82, 2.24) is 0 Å². The third kappa shape index (κ3) is 3.32. The zero-order valence-electron chi connectivity index (χ0n) is 11.2. The van der Waals surface area contributed by atoms with Crippen molar-refractivity contribution in [2.75, 3.05) is 0 Å². The molecule has 0 heterocycles. The van der Waals surface area contributed by atoms with E-state index in [1.54, 1.807) is 0 Å². The van der Waals surface area contributed by atoms with Crippen LogP contribution in [0.3, 0.4) is 0 Å². The zero-order valence-corrected chi connectivity index (χ0v) is 11.2. The fourth-order valence-corrected chi connectivity index (χ4v) is 2.57. The minimum Gasteiger partial charge on any atom is -0.481 e. The summed E-state index contributed by atoms with van der Waals surface area (Å²) < 4.78 is 0. The Balaban J connectivity index is 3.17. The lowest BCUT2D eigenvalue weighted by atomic mass is 9.82. The molecule has 0 aliphatic rings. The molecule has 94 valence electrons. The molecule has 1 N–H and O–H groups in total. The van der Waals surface area contributed by atoms with Crippen LogP contribution in [0.2, 0.25) is 0 Å². The molecule has 17 heavy (non-hydrogen) atoms. The lowest BCUT2D eigenvalue weighted by Gasteiger charge is -2.22. The largest absolute Gasteiger partial charge is 0.481 e. The van der Waals surface area contributed by atoms with E-state index in [4.69, 9.17) is 0 Å². The Labute approximate surface area is 104 Å². The number of carboxylic acids is 1. The van der Waals surface area contributed by atoms with Crippen molar-refractivity contribution in [2.24, 2.45) is 5.92 Å². The number of aryl methyl sites for hydroxylation is 2. The van der Waals surface area contributed by atoms with Gasteiger partial charge in [-0.1, -0.05) is 56.0 Å². The molecule has 0 aliphatic carbocycles. The second-order valence-corrected chi connectivity index (χ2v) is 4.81. The fraction of sp³-hybridized carbons (Fsp3) is 0.533. The van der Waals surface area contributed by atoms with Gasteiger partial charge in [0.25, 0.3) is 0 Å². The lowest BCUT2D eigenvalue weighted by Crippen LogP contribution is -2.21. The Hall–Kier alpha value is -1.31. The molecule has 0 bridgehead atoms. The van der Waals surface area contributed by atoms with Crippen LogP contribution in [0.4, 0.5) is 0 Å². The van der Waals surface area contributed by atoms with Crippen molar-refractivity contribution < 1.29 is 9.90 Å². The quantitative estimate of drug-likeness (QED) is 0.838. The van der Waals surface area contributed by atoms with Gasteiger partial charge >= 0.3 is 5.97 Å². The van der Waals surface area contributed by atoms with Crippen LogP contribution in [0.5, 0.6) is 0 Å². The predicted octanol–water partition coefficient (Wildman–Crippen LogP) is 3.91. The van der Waals surface area contributed by atoms with Gasteiger partial charge in [0.1, 0.15) is 0 Å². The topological polar surface area (TPSA) is 37.3 Å². The standard InChI is InChI=1S/C15H22O2/c1-5-12(6-2)14(15(16)17)13-8-10(3)7-11(4)9-13/h7-9,12,14H,5-6H2,1-4H3,(H,16,17). The third-order valence-electron chi connectivity index (χ3n) is 3.39. The SMILES string of the molecule is CCC(CC)C(C(=O)O)c1cc(C)cc(C)c1. The molecular formula is C15H22O2. The lowest BCUT2D eigenvalue weighted by molar-refractivity contribution is -0.140. The van der Waals surface area contributed by atoms with Gasteiger partial charge < -0.3 is 5.11 Å². The monoisotopic (exact) mass is 234 g/mol. The number of aliphatic carboxylic acids is 1. The van der Waals surface area contributed by atoms with E-state index in [2.05, 4.69) is 19.9 Å². The Bertz CT molecular complexity index is 372. The average molecular weight is 234 g/mol. The number of carbonyl (C=O) groups is 1. The number of hydrogen-bond donors (Lipinski definition) is 1. The first-order chi connectivity index (χ1) is 7.99. The average Bonchev–Trinajstić information content (AvgIpc) is 2.23. The van der Waals surface area contributed by atoms with Gasteiger partial charge in [0.15, 0.2) is 0 Å². The summed E-state index contributed by atoms with van der Waals surface area (Å²) in [5.41, 5.74) is 3.22. The normalized spacial score (nSPS) is 12.8. The van der Waals surface area contributed by atoms with E-state index in [9.17, 15) is 9.90 Å². The van der Waals surface area contributed by atoms with E-state index >= 15 is 0 Å². The van der Waals surface area contributed by atoms with Crippen molar-refractivity contribution in [1.29, 1.82) is 0 Å². The Morgan fingerprint density at radius 1 is 1.12 bits per heavy atom. The van der Waals surface area contributed by atoms with Crippen LogP contribution in [-0.4, -0.2) is 11.1 Å². The zero-order chi connectivity index (χ0) is 13.0. The van der Waals surface area contributed by atoms with Crippen LogP contribution in [0.15, 0.2) is 18.2 Å². The maximum atomic E-state index is 11.5. The third-order valence-corrected chi connectivity index (χ3v) is 3.39. The Morgan fingerprint density at radius 3 is 1.94 bits per heavy atom. The van der Waals surface area contributed by atoms with E-state index in [1.165, 1.54) is 0 Å². The molecule has 0 saturated heterocycles.